The van der Waals surface area contributed by atoms with E-state index in [-0.39, 0.29) is 17.3 Å². The van der Waals surface area contributed by atoms with Crippen molar-refractivity contribution in [3.8, 4) is 0 Å². The summed E-state index contributed by atoms with van der Waals surface area (Å²) < 4.78 is 27.0. The highest BCUT2D eigenvalue weighted by molar-refractivity contribution is 7.89. The summed E-state index contributed by atoms with van der Waals surface area (Å²) in [5.41, 5.74) is -1.21. The van der Waals surface area contributed by atoms with E-state index in [0.717, 1.165) is 19.3 Å². The molecule has 1 unspecified atom stereocenters. The molecular weight excluding hydrogens is 368 g/mol. The zero-order chi connectivity index (χ0) is 19.5. The molecule has 0 bridgehead atoms. The van der Waals surface area contributed by atoms with Crippen LogP contribution in [0, 0.1) is 5.92 Å². The lowest BCUT2D eigenvalue weighted by Crippen LogP contribution is -2.58. The summed E-state index contributed by atoms with van der Waals surface area (Å²) in [6.45, 7) is 0.448. The number of benzene rings is 1. The number of sulfonamides is 1. The monoisotopic (exact) mass is 394 g/mol. The Morgan fingerprint density at radius 1 is 1.07 bits per heavy atom. The largest absolute Gasteiger partial charge is 0.480 e. The van der Waals surface area contributed by atoms with Crippen LogP contribution in [-0.4, -0.2) is 48.3 Å². The van der Waals surface area contributed by atoms with Gasteiger partial charge in [-0.3, -0.25) is 4.79 Å². The van der Waals surface area contributed by atoms with Crippen molar-refractivity contribution in [3.05, 3.63) is 30.3 Å². The minimum absolute atomic E-state index is 0.0821. The lowest BCUT2D eigenvalue weighted by Gasteiger charge is -2.37. The number of carboxylic acids is 1. The molecule has 148 valence electrons. The van der Waals surface area contributed by atoms with E-state index >= 15 is 0 Å². The maximum absolute atomic E-state index is 12.8. The average Bonchev–Trinajstić information content (AvgIpc) is 2.69. The second kappa shape index (κ2) is 7.98. The maximum atomic E-state index is 12.8. The Bertz CT molecular complexity index is 788. The van der Waals surface area contributed by atoms with Crippen molar-refractivity contribution in [3.63, 3.8) is 0 Å². The number of carboxylic acid groups (broad SMARTS) is 1. The number of hydrogen-bond acceptors (Lipinski definition) is 4. The Morgan fingerprint density at radius 3 is 2.37 bits per heavy atom. The highest BCUT2D eigenvalue weighted by atomic mass is 32.2. The molecule has 0 radical (unpaired) electrons. The van der Waals surface area contributed by atoms with Gasteiger partial charge in [0, 0.05) is 13.1 Å². The Hall–Kier alpha value is -1.93. The highest BCUT2D eigenvalue weighted by Gasteiger charge is 2.43. The molecule has 1 amide bonds. The molecule has 8 heteroatoms. The van der Waals surface area contributed by atoms with Crippen LogP contribution in [-0.2, 0) is 19.6 Å². The zero-order valence-corrected chi connectivity index (χ0v) is 16.1. The molecule has 1 aliphatic heterocycles. The van der Waals surface area contributed by atoms with E-state index in [1.54, 1.807) is 30.3 Å². The molecule has 1 aromatic rings. The van der Waals surface area contributed by atoms with Crippen LogP contribution in [0.5, 0.6) is 0 Å². The van der Waals surface area contributed by atoms with Crippen molar-refractivity contribution in [2.24, 2.45) is 5.92 Å². The van der Waals surface area contributed by atoms with E-state index in [4.69, 9.17) is 0 Å². The smallest absolute Gasteiger partial charge is 0.329 e. The number of nitrogens with zero attached hydrogens (tertiary/aromatic N) is 1. The molecule has 2 aliphatic rings. The number of piperidine rings is 1. The first kappa shape index (κ1) is 19.8. The van der Waals surface area contributed by atoms with Crippen LogP contribution in [0.15, 0.2) is 35.2 Å². The predicted molar refractivity (Wildman–Crippen MR) is 99.5 cm³/mol. The van der Waals surface area contributed by atoms with Gasteiger partial charge in [0.05, 0.1) is 10.8 Å². The third-order valence-electron chi connectivity index (χ3n) is 5.61. The van der Waals surface area contributed by atoms with Crippen LogP contribution in [0.25, 0.3) is 0 Å². The molecule has 2 fully saturated rings. The molecule has 27 heavy (non-hydrogen) atoms. The molecule has 0 aromatic heterocycles. The summed E-state index contributed by atoms with van der Waals surface area (Å²) >= 11 is 0. The second-order valence-electron chi connectivity index (χ2n) is 7.45. The van der Waals surface area contributed by atoms with Crippen LogP contribution < -0.4 is 5.32 Å². The van der Waals surface area contributed by atoms with Gasteiger partial charge in [0.2, 0.25) is 15.9 Å². The molecule has 1 saturated carbocycles. The molecule has 3 rings (SSSR count). The third-order valence-corrected chi connectivity index (χ3v) is 7.49. The first-order valence-electron chi connectivity index (χ1n) is 9.46. The second-order valence-corrected chi connectivity index (χ2v) is 9.39. The number of rotatable bonds is 5. The van der Waals surface area contributed by atoms with Gasteiger partial charge >= 0.3 is 5.97 Å². The SMILES string of the molecule is O=C(NC1(C(=O)O)CCCCC1)C1CCCN(S(=O)(=O)c2ccccc2)C1. The van der Waals surface area contributed by atoms with Gasteiger partial charge in [-0.2, -0.15) is 4.31 Å². The molecule has 0 spiro atoms. The summed E-state index contributed by atoms with van der Waals surface area (Å²) in [5, 5.41) is 12.4. The van der Waals surface area contributed by atoms with Gasteiger partial charge in [-0.25, -0.2) is 13.2 Å². The summed E-state index contributed by atoms with van der Waals surface area (Å²) in [7, 11) is -3.66. The molecular formula is C19H26N2O5S. The quantitative estimate of drug-likeness (QED) is 0.795. The van der Waals surface area contributed by atoms with Gasteiger partial charge in [0.15, 0.2) is 0 Å². The van der Waals surface area contributed by atoms with Crippen LogP contribution in [0.2, 0.25) is 0 Å². The van der Waals surface area contributed by atoms with E-state index in [9.17, 15) is 23.1 Å². The fourth-order valence-electron chi connectivity index (χ4n) is 4.00. The van der Waals surface area contributed by atoms with Crippen LogP contribution >= 0.6 is 0 Å². The van der Waals surface area contributed by atoms with Crippen molar-refractivity contribution >= 4 is 21.9 Å². The van der Waals surface area contributed by atoms with Crippen molar-refractivity contribution in [1.29, 1.82) is 0 Å². The Labute approximate surface area is 159 Å². The van der Waals surface area contributed by atoms with E-state index in [1.807, 2.05) is 0 Å². The third kappa shape index (κ3) is 4.16. The van der Waals surface area contributed by atoms with E-state index in [2.05, 4.69) is 5.32 Å². The molecule has 1 heterocycles. The number of carbonyl (C=O) groups is 2. The fraction of sp³-hybridized carbons (Fsp3) is 0.579. The van der Waals surface area contributed by atoms with Crippen LogP contribution in [0.1, 0.15) is 44.9 Å². The average molecular weight is 394 g/mol. The Kier molecular flexibility index (Phi) is 5.86. The van der Waals surface area contributed by atoms with Crippen molar-refractivity contribution in [2.45, 2.75) is 55.4 Å². The number of nitrogens with one attached hydrogen (secondary N) is 1. The van der Waals surface area contributed by atoms with Gasteiger partial charge in [-0.05, 0) is 37.8 Å². The number of carbonyl (C=O) groups excluding carboxylic acids is 1. The van der Waals surface area contributed by atoms with Crippen molar-refractivity contribution in [2.75, 3.05) is 13.1 Å². The first-order chi connectivity index (χ1) is 12.8. The van der Waals surface area contributed by atoms with Gasteiger partial charge in [-0.15, -0.1) is 0 Å². The van der Waals surface area contributed by atoms with Crippen molar-refractivity contribution < 1.29 is 23.1 Å². The van der Waals surface area contributed by atoms with Crippen LogP contribution in [0.4, 0.5) is 0 Å². The lowest BCUT2D eigenvalue weighted by molar-refractivity contribution is -0.150. The molecule has 1 atom stereocenters. The topological polar surface area (TPSA) is 104 Å². The highest BCUT2D eigenvalue weighted by Crippen LogP contribution is 2.30. The predicted octanol–water partition coefficient (Wildman–Crippen LogP) is 1.99. The summed E-state index contributed by atoms with van der Waals surface area (Å²) in [4.78, 5) is 24.8. The lowest BCUT2D eigenvalue weighted by atomic mass is 9.81. The normalized spacial score (nSPS) is 23.5. The molecule has 7 nitrogen and oxygen atoms in total. The standard InChI is InChI=1S/C19H26N2O5S/c22-17(20-19(18(23)24)11-5-2-6-12-19)15-8-7-13-21(14-15)27(25,26)16-9-3-1-4-10-16/h1,3-4,9-10,15H,2,5-8,11-14H2,(H,20,22)(H,23,24). The summed E-state index contributed by atoms with van der Waals surface area (Å²) in [6.07, 6.45) is 4.49. The molecule has 2 N–H and O–H groups in total. The van der Waals surface area contributed by atoms with Gasteiger partial charge in [-0.1, -0.05) is 37.5 Å². The number of aliphatic carboxylic acids is 1. The first-order valence-corrected chi connectivity index (χ1v) is 10.9. The fourth-order valence-corrected chi connectivity index (χ4v) is 5.55. The number of amides is 1. The van der Waals surface area contributed by atoms with Gasteiger partial charge < -0.3 is 10.4 Å². The van der Waals surface area contributed by atoms with Crippen LogP contribution in [0.3, 0.4) is 0 Å². The molecule has 1 aromatic carbocycles. The van der Waals surface area contributed by atoms with Crippen molar-refractivity contribution in [1.82, 2.24) is 9.62 Å². The van der Waals surface area contributed by atoms with E-state index in [1.165, 1.54) is 4.31 Å². The summed E-state index contributed by atoms with van der Waals surface area (Å²) in [5.74, 6) is -1.89. The van der Waals surface area contributed by atoms with Gasteiger partial charge in [0.1, 0.15) is 5.54 Å². The summed E-state index contributed by atoms with van der Waals surface area (Å²) in [6, 6.07) is 8.17. The van der Waals surface area contributed by atoms with E-state index in [0.29, 0.717) is 32.2 Å². The van der Waals surface area contributed by atoms with E-state index < -0.39 is 27.4 Å². The Morgan fingerprint density at radius 2 is 1.74 bits per heavy atom. The minimum atomic E-state index is -3.66. The molecule has 1 aliphatic carbocycles. The molecule has 1 saturated heterocycles. The minimum Gasteiger partial charge on any atom is -0.480 e. The van der Waals surface area contributed by atoms with Gasteiger partial charge in [0.25, 0.3) is 0 Å². The zero-order valence-electron chi connectivity index (χ0n) is 15.3. The number of hydrogen-bond donors (Lipinski definition) is 2. The Balaban J connectivity index is 1.72. The maximum Gasteiger partial charge on any atom is 0.329 e.